The smallest absolute Gasteiger partial charge is 0.326 e. The minimum atomic E-state index is -1.02. The van der Waals surface area contributed by atoms with Crippen LogP contribution in [0.25, 0.3) is 0 Å². The third kappa shape index (κ3) is 5.76. The van der Waals surface area contributed by atoms with Gasteiger partial charge in [-0.15, -0.1) is 0 Å². The second-order valence-electron chi connectivity index (χ2n) is 5.85. The van der Waals surface area contributed by atoms with E-state index in [-0.39, 0.29) is 17.9 Å². The number of rotatable bonds is 8. The fraction of sp³-hybridized carbons (Fsp3) is 0.529. The van der Waals surface area contributed by atoms with Crippen molar-refractivity contribution in [3.8, 4) is 5.75 Å². The van der Waals surface area contributed by atoms with E-state index in [1.165, 1.54) is 0 Å². The Morgan fingerprint density at radius 1 is 1.18 bits per heavy atom. The van der Waals surface area contributed by atoms with E-state index >= 15 is 0 Å². The molecule has 0 spiro atoms. The maximum Gasteiger partial charge on any atom is 0.326 e. The molecular formula is C17H25NO4. The first-order chi connectivity index (χ1) is 10.3. The number of hydrogen-bond acceptors (Lipinski definition) is 3. The van der Waals surface area contributed by atoms with Crippen molar-refractivity contribution in [1.82, 2.24) is 5.32 Å². The summed E-state index contributed by atoms with van der Waals surface area (Å²) >= 11 is 0. The molecule has 1 aromatic carbocycles. The lowest BCUT2D eigenvalue weighted by molar-refractivity contribution is -0.139. The van der Waals surface area contributed by atoms with E-state index in [1.54, 1.807) is 24.3 Å². The average Bonchev–Trinajstić information content (AvgIpc) is 2.46. The summed E-state index contributed by atoms with van der Waals surface area (Å²) in [6, 6.07) is 5.85. The molecule has 122 valence electrons. The molecule has 0 fully saturated rings. The van der Waals surface area contributed by atoms with E-state index in [0.29, 0.717) is 17.7 Å². The molecule has 0 aliphatic heterocycles. The van der Waals surface area contributed by atoms with Gasteiger partial charge in [0.25, 0.3) is 5.91 Å². The SMILES string of the molecule is CCC(C)Oc1ccc(C(=O)N[C@@H](CC(C)C)C(=O)O)cc1. The fourth-order valence-corrected chi connectivity index (χ4v) is 1.93. The molecule has 0 saturated heterocycles. The lowest BCUT2D eigenvalue weighted by Crippen LogP contribution is -2.41. The summed E-state index contributed by atoms with van der Waals surface area (Å²) in [5, 5.41) is 11.7. The van der Waals surface area contributed by atoms with Crippen LogP contribution in [0.2, 0.25) is 0 Å². The van der Waals surface area contributed by atoms with Crippen LogP contribution >= 0.6 is 0 Å². The van der Waals surface area contributed by atoms with E-state index in [1.807, 2.05) is 27.7 Å². The summed E-state index contributed by atoms with van der Waals surface area (Å²) in [6.07, 6.45) is 1.41. The number of ether oxygens (including phenoxy) is 1. The predicted octanol–water partition coefficient (Wildman–Crippen LogP) is 3.09. The highest BCUT2D eigenvalue weighted by atomic mass is 16.5. The Morgan fingerprint density at radius 3 is 2.23 bits per heavy atom. The van der Waals surface area contributed by atoms with Crippen molar-refractivity contribution < 1.29 is 19.4 Å². The molecule has 0 aliphatic rings. The second kappa shape index (κ2) is 8.41. The van der Waals surface area contributed by atoms with Gasteiger partial charge in [0.2, 0.25) is 0 Å². The van der Waals surface area contributed by atoms with Gasteiger partial charge in [0.05, 0.1) is 6.10 Å². The first kappa shape index (κ1) is 18.0. The molecule has 2 atom stereocenters. The van der Waals surface area contributed by atoms with Crippen LogP contribution in [0.15, 0.2) is 24.3 Å². The monoisotopic (exact) mass is 307 g/mol. The molecule has 0 radical (unpaired) electrons. The predicted molar refractivity (Wildman–Crippen MR) is 85.2 cm³/mol. The van der Waals surface area contributed by atoms with Gasteiger partial charge in [-0.3, -0.25) is 4.79 Å². The highest BCUT2D eigenvalue weighted by Gasteiger charge is 2.21. The summed E-state index contributed by atoms with van der Waals surface area (Å²) in [4.78, 5) is 23.3. The Morgan fingerprint density at radius 2 is 1.77 bits per heavy atom. The zero-order valence-corrected chi connectivity index (χ0v) is 13.6. The van der Waals surface area contributed by atoms with Crippen LogP contribution in [-0.2, 0) is 4.79 Å². The highest BCUT2D eigenvalue weighted by Crippen LogP contribution is 2.15. The van der Waals surface area contributed by atoms with E-state index in [9.17, 15) is 9.59 Å². The third-order valence-corrected chi connectivity index (χ3v) is 3.34. The first-order valence-corrected chi connectivity index (χ1v) is 7.63. The third-order valence-electron chi connectivity index (χ3n) is 3.34. The van der Waals surface area contributed by atoms with Gasteiger partial charge in [-0.1, -0.05) is 20.8 Å². The van der Waals surface area contributed by atoms with Crippen molar-refractivity contribution >= 4 is 11.9 Å². The molecule has 0 saturated carbocycles. The van der Waals surface area contributed by atoms with Crippen LogP contribution in [0.1, 0.15) is 50.9 Å². The standard InChI is InChI=1S/C17H25NO4/c1-5-12(4)22-14-8-6-13(7-9-14)16(19)18-15(17(20)21)10-11(2)3/h6-9,11-12,15H,5,10H2,1-4H3,(H,18,19)(H,20,21)/t12?,15-/m0/s1. The van der Waals surface area contributed by atoms with Crippen molar-refractivity contribution in [3.05, 3.63) is 29.8 Å². The van der Waals surface area contributed by atoms with Gasteiger partial charge in [0.15, 0.2) is 0 Å². The number of carbonyl (C=O) groups is 2. The molecular weight excluding hydrogens is 282 g/mol. The Kier molecular flexibility index (Phi) is 6.89. The van der Waals surface area contributed by atoms with Crippen molar-refractivity contribution in [2.24, 2.45) is 5.92 Å². The lowest BCUT2D eigenvalue weighted by atomic mass is 10.0. The first-order valence-electron chi connectivity index (χ1n) is 7.63. The van der Waals surface area contributed by atoms with E-state index < -0.39 is 12.0 Å². The Hall–Kier alpha value is -2.04. The van der Waals surface area contributed by atoms with Crippen molar-refractivity contribution in [3.63, 3.8) is 0 Å². The van der Waals surface area contributed by atoms with Gasteiger partial charge in [0.1, 0.15) is 11.8 Å². The van der Waals surface area contributed by atoms with E-state index in [2.05, 4.69) is 5.32 Å². The van der Waals surface area contributed by atoms with Gasteiger partial charge in [-0.2, -0.15) is 0 Å². The van der Waals surface area contributed by atoms with Crippen LogP contribution in [0, 0.1) is 5.92 Å². The summed E-state index contributed by atoms with van der Waals surface area (Å²) < 4.78 is 5.64. The van der Waals surface area contributed by atoms with Crippen molar-refractivity contribution in [2.75, 3.05) is 0 Å². The molecule has 1 unspecified atom stereocenters. The maximum atomic E-state index is 12.1. The summed E-state index contributed by atoms with van der Waals surface area (Å²) in [6.45, 7) is 7.85. The largest absolute Gasteiger partial charge is 0.491 e. The van der Waals surface area contributed by atoms with Crippen molar-refractivity contribution in [2.45, 2.75) is 52.7 Å². The summed E-state index contributed by atoms with van der Waals surface area (Å²) in [5.41, 5.74) is 0.423. The van der Waals surface area contributed by atoms with Gasteiger partial charge in [0, 0.05) is 5.56 Å². The lowest BCUT2D eigenvalue weighted by Gasteiger charge is -2.17. The van der Waals surface area contributed by atoms with Crippen molar-refractivity contribution in [1.29, 1.82) is 0 Å². The molecule has 22 heavy (non-hydrogen) atoms. The minimum Gasteiger partial charge on any atom is -0.491 e. The second-order valence-corrected chi connectivity index (χ2v) is 5.85. The van der Waals surface area contributed by atoms with Crippen LogP contribution in [0.4, 0.5) is 0 Å². The number of nitrogens with one attached hydrogen (secondary N) is 1. The molecule has 0 heterocycles. The molecule has 2 N–H and O–H groups in total. The Labute approximate surface area is 131 Å². The molecule has 0 aliphatic carbocycles. The minimum absolute atomic E-state index is 0.113. The number of amides is 1. The molecule has 0 aromatic heterocycles. The topological polar surface area (TPSA) is 75.6 Å². The summed E-state index contributed by atoms with van der Waals surface area (Å²) in [5.74, 6) is -0.516. The van der Waals surface area contributed by atoms with Crippen LogP contribution < -0.4 is 10.1 Å². The van der Waals surface area contributed by atoms with Crippen LogP contribution in [-0.4, -0.2) is 29.1 Å². The molecule has 5 heteroatoms. The average molecular weight is 307 g/mol. The number of benzene rings is 1. The highest BCUT2D eigenvalue weighted by molar-refractivity contribution is 5.96. The quantitative estimate of drug-likeness (QED) is 0.774. The number of carbonyl (C=O) groups excluding carboxylic acids is 1. The molecule has 0 bridgehead atoms. The van der Waals surface area contributed by atoms with Crippen LogP contribution in [0.3, 0.4) is 0 Å². The maximum absolute atomic E-state index is 12.1. The van der Waals surface area contributed by atoms with Gasteiger partial charge >= 0.3 is 5.97 Å². The zero-order chi connectivity index (χ0) is 16.7. The Balaban J connectivity index is 2.70. The summed E-state index contributed by atoms with van der Waals surface area (Å²) in [7, 11) is 0. The van der Waals surface area contributed by atoms with Gasteiger partial charge in [-0.25, -0.2) is 4.79 Å². The van der Waals surface area contributed by atoms with Crippen LogP contribution in [0.5, 0.6) is 5.75 Å². The Bertz CT molecular complexity index is 496. The molecule has 1 aromatic rings. The molecule has 1 rings (SSSR count). The molecule has 1 amide bonds. The number of hydrogen-bond donors (Lipinski definition) is 2. The van der Waals surface area contributed by atoms with Gasteiger partial charge in [-0.05, 0) is 49.9 Å². The van der Waals surface area contributed by atoms with E-state index in [4.69, 9.17) is 9.84 Å². The number of carboxylic acid groups (broad SMARTS) is 1. The van der Waals surface area contributed by atoms with Gasteiger partial charge < -0.3 is 15.2 Å². The zero-order valence-electron chi connectivity index (χ0n) is 13.6. The fourth-order valence-electron chi connectivity index (χ4n) is 1.93. The number of carboxylic acids is 1. The normalized spacial score (nSPS) is 13.5. The molecule has 5 nitrogen and oxygen atoms in total. The number of aliphatic carboxylic acids is 1. The van der Waals surface area contributed by atoms with E-state index in [0.717, 1.165) is 6.42 Å².